The number of piperidine rings is 1. The van der Waals surface area contributed by atoms with E-state index in [4.69, 9.17) is 23.2 Å². The van der Waals surface area contributed by atoms with Crippen molar-refractivity contribution >= 4 is 23.2 Å². The predicted molar refractivity (Wildman–Crippen MR) is 79.6 cm³/mol. The molecule has 0 amide bonds. The highest BCUT2D eigenvalue weighted by Crippen LogP contribution is 2.36. The zero-order valence-electron chi connectivity index (χ0n) is 11.0. The van der Waals surface area contributed by atoms with Crippen LogP contribution in [0.2, 0.25) is 10.0 Å². The van der Waals surface area contributed by atoms with Crippen molar-refractivity contribution in [3.05, 3.63) is 33.8 Å². The minimum absolute atomic E-state index is 0.614. The number of benzene rings is 1. The van der Waals surface area contributed by atoms with Crippen LogP contribution >= 0.6 is 23.2 Å². The lowest BCUT2D eigenvalue weighted by Gasteiger charge is -2.34. The van der Waals surface area contributed by atoms with Crippen LogP contribution in [0.5, 0.6) is 0 Å². The number of nitrogens with one attached hydrogen (secondary N) is 1. The lowest BCUT2D eigenvalue weighted by molar-refractivity contribution is 0.280. The molecule has 0 aromatic heterocycles. The molecule has 1 fully saturated rings. The second kappa shape index (κ2) is 6.27. The molecule has 1 aromatic rings. The summed E-state index contributed by atoms with van der Waals surface area (Å²) in [5.74, 6) is 2.06. The summed E-state index contributed by atoms with van der Waals surface area (Å²) < 4.78 is 0. The highest BCUT2D eigenvalue weighted by Gasteiger charge is 2.27. The Morgan fingerprint density at radius 3 is 2.72 bits per heavy atom. The quantitative estimate of drug-likeness (QED) is 0.846. The van der Waals surface area contributed by atoms with Gasteiger partial charge in [-0.2, -0.15) is 0 Å². The van der Waals surface area contributed by atoms with Gasteiger partial charge in [-0.15, -0.1) is 0 Å². The first-order valence-electron chi connectivity index (χ1n) is 6.73. The molecule has 0 radical (unpaired) electrons. The largest absolute Gasteiger partial charge is 0.316 e. The standard InChI is InChI=1S/C15H21Cl2N/c1-10(2)7-12-9-18-6-5-13(12)11-3-4-14(16)15(17)8-11/h3-4,8,10,12-13,18H,5-7,9H2,1-2H3. The Labute approximate surface area is 120 Å². The third-order valence-electron chi connectivity index (χ3n) is 3.75. The lowest BCUT2D eigenvalue weighted by atomic mass is 9.77. The van der Waals surface area contributed by atoms with Gasteiger partial charge < -0.3 is 5.32 Å². The van der Waals surface area contributed by atoms with E-state index in [9.17, 15) is 0 Å². The zero-order valence-corrected chi connectivity index (χ0v) is 12.6. The second-order valence-corrected chi connectivity index (χ2v) is 6.48. The summed E-state index contributed by atoms with van der Waals surface area (Å²) in [4.78, 5) is 0. The van der Waals surface area contributed by atoms with E-state index in [1.54, 1.807) is 0 Å². The topological polar surface area (TPSA) is 12.0 Å². The highest BCUT2D eigenvalue weighted by molar-refractivity contribution is 6.42. The molecule has 2 rings (SSSR count). The van der Waals surface area contributed by atoms with E-state index in [1.165, 1.54) is 18.4 Å². The molecule has 2 atom stereocenters. The number of halogens is 2. The lowest BCUT2D eigenvalue weighted by Crippen LogP contribution is -2.36. The van der Waals surface area contributed by atoms with E-state index >= 15 is 0 Å². The van der Waals surface area contributed by atoms with Gasteiger partial charge in [-0.1, -0.05) is 43.1 Å². The molecule has 3 heteroatoms. The van der Waals surface area contributed by atoms with Crippen molar-refractivity contribution in [2.45, 2.75) is 32.6 Å². The van der Waals surface area contributed by atoms with Gasteiger partial charge in [0, 0.05) is 0 Å². The third kappa shape index (κ3) is 3.40. The summed E-state index contributed by atoms with van der Waals surface area (Å²) in [6, 6.07) is 6.11. The van der Waals surface area contributed by atoms with Crippen molar-refractivity contribution in [1.29, 1.82) is 0 Å². The first-order chi connectivity index (χ1) is 8.58. The molecule has 1 nitrogen and oxygen atoms in total. The number of hydrogen-bond acceptors (Lipinski definition) is 1. The van der Waals surface area contributed by atoms with Gasteiger partial charge >= 0.3 is 0 Å². The maximum Gasteiger partial charge on any atom is 0.0595 e. The van der Waals surface area contributed by atoms with Crippen LogP contribution < -0.4 is 5.32 Å². The normalized spacial score (nSPS) is 24.5. The highest BCUT2D eigenvalue weighted by atomic mass is 35.5. The van der Waals surface area contributed by atoms with Gasteiger partial charge in [-0.25, -0.2) is 0 Å². The van der Waals surface area contributed by atoms with Crippen LogP contribution in [0.25, 0.3) is 0 Å². The fraction of sp³-hybridized carbons (Fsp3) is 0.600. The van der Waals surface area contributed by atoms with Crippen LogP contribution in [-0.2, 0) is 0 Å². The van der Waals surface area contributed by atoms with Crippen molar-refractivity contribution < 1.29 is 0 Å². The van der Waals surface area contributed by atoms with Crippen molar-refractivity contribution in [3.63, 3.8) is 0 Å². The summed E-state index contributed by atoms with van der Waals surface area (Å²) in [7, 11) is 0. The molecular weight excluding hydrogens is 265 g/mol. The van der Waals surface area contributed by atoms with Crippen molar-refractivity contribution in [2.24, 2.45) is 11.8 Å². The van der Waals surface area contributed by atoms with Crippen molar-refractivity contribution in [1.82, 2.24) is 5.32 Å². The number of rotatable bonds is 3. The zero-order chi connectivity index (χ0) is 13.1. The van der Waals surface area contributed by atoms with E-state index in [2.05, 4.69) is 25.2 Å². The summed E-state index contributed by atoms with van der Waals surface area (Å²) >= 11 is 12.1. The van der Waals surface area contributed by atoms with Gasteiger partial charge in [-0.05, 0) is 61.4 Å². The Kier molecular flexibility index (Phi) is 4.94. The molecule has 1 aromatic carbocycles. The van der Waals surface area contributed by atoms with Crippen molar-refractivity contribution in [2.75, 3.05) is 13.1 Å². The SMILES string of the molecule is CC(C)CC1CNCCC1c1ccc(Cl)c(Cl)c1. The second-order valence-electron chi connectivity index (χ2n) is 5.66. The van der Waals surface area contributed by atoms with E-state index in [0.717, 1.165) is 19.0 Å². The Morgan fingerprint density at radius 2 is 2.06 bits per heavy atom. The summed E-state index contributed by atoms with van der Waals surface area (Å²) in [6.45, 7) is 6.80. The monoisotopic (exact) mass is 285 g/mol. The first kappa shape index (κ1) is 14.2. The van der Waals surface area contributed by atoms with Gasteiger partial charge in [0.25, 0.3) is 0 Å². The third-order valence-corrected chi connectivity index (χ3v) is 4.49. The van der Waals surface area contributed by atoms with Crippen LogP contribution in [0, 0.1) is 11.8 Å². The number of hydrogen-bond donors (Lipinski definition) is 1. The van der Waals surface area contributed by atoms with Crippen LogP contribution in [0.3, 0.4) is 0 Å². The maximum atomic E-state index is 6.14. The Bertz CT molecular complexity index is 403. The van der Waals surface area contributed by atoms with Crippen LogP contribution in [0.1, 0.15) is 38.2 Å². The Balaban J connectivity index is 2.19. The van der Waals surface area contributed by atoms with E-state index in [-0.39, 0.29) is 0 Å². The van der Waals surface area contributed by atoms with Gasteiger partial charge in [0.15, 0.2) is 0 Å². The average Bonchev–Trinajstić information content (AvgIpc) is 2.33. The fourth-order valence-electron chi connectivity index (χ4n) is 2.96. The minimum Gasteiger partial charge on any atom is -0.316 e. The van der Waals surface area contributed by atoms with Gasteiger partial charge in [0.05, 0.1) is 10.0 Å². The molecule has 0 bridgehead atoms. The molecular formula is C15H21Cl2N. The molecule has 1 aliphatic rings. The Hall–Kier alpha value is -0.240. The van der Waals surface area contributed by atoms with Crippen molar-refractivity contribution in [3.8, 4) is 0 Å². The van der Waals surface area contributed by atoms with Gasteiger partial charge in [-0.3, -0.25) is 0 Å². The van der Waals surface area contributed by atoms with E-state index in [1.807, 2.05) is 12.1 Å². The maximum absolute atomic E-state index is 6.14. The molecule has 100 valence electrons. The molecule has 18 heavy (non-hydrogen) atoms. The molecule has 0 aliphatic carbocycles. The molecule has 1 aliphatic heterocycles. The van der Waals surface area contributed by atoms with Gasteiger partial charge in [0.1, 0.15) is 0 Å². The van der Waals surface area contributed by atoms with E-state index < -0.39 is 0 Å². The predicted octanol–water partition coefficient (Wildman–Crippen LogP) is 4.73. The molecule has 0 spiro atoms. The van der Waals surface area contributed by atoms with E-state index in [0.29, 0.717) is 21.9 Å². The molecule has 0 saturated carbocycles. The van der Waals surface area contributed by atoms with Crippen LogP contribution in [0.15, 0.2) is 18.2 Å². The summed E-state index contributed by atoms with van der Waals surface area (Å²) in [5, 5.41) is 4.83. The molecule has 1 N–H and O–H groups in total. The van der Waals surface area contributed by atoms with Crippen LogP contribution in [-0.4, -0.2) is 13.1 Å². The minimum atomic E-state index is 0.614. The van der Waals surface area contributed by atoms with Crippen LogP contribution in [0.4, 0.5) is 0 Å². The smallest absolute Gasteiger partial charge is 0.0595 e. The van der Waals surface area contributed by atoms with Gasteiger partial charge in [0.2, 0.25) is 0 Å². The molecule has 1 saturated heterocycles. The molecule has 2 unspecified atom stereocenters. The first-order valence-corrected chi connectivity index (χ1v) is 7.49. The summed E-state index contributed by atoms with van der Waals surface area (Å²) in [5.41, 5.74) is 1.34. The molecule has 1 heterocycles. The average molecular weight is 286 g/mol. The Morgan fingerprint density at radius 1 is 1.28 bits per heavy atom. The fourth-order valence-corrected chi connectivity index (χ4v) is 3.26. The summed E-state index contributed by atoms with van der Waals surface area (Å²) in [6.07, 6.45) is 2.45.